The number of hydrogen-bond donors (Lipinski definition) is 2. The van der Waals surface area contributed by atoms with Crippen molar-refractivity contribution < 1.29 is 13.6 Å². The quantitative estimate of drug-likeness (QED) is 0.512. The molecule has 1 amide bonds. The van der Waals surface area contributed by atoms with Crippen LogP contribution in [0.15, 0.2) is 36.5 Å². The number of anilines is 1. The van der Waals surface area contributed by atoms with Crippen LogP contribution in [0.4, 0.5) is 13.9 Å². The molecular formula is C20H15F2N3OS. The molecule has 1 aliphatic carbocycles. The normalized spacial score (nSPS) is 18.9. The molecule has 27 heavy (non-hydrogen) atoms. The zero-order chi connectivity index (χ0) is 18.7. The highest BCUT2D eigenvalue weighted by Gasteiger charge is 2.43. The van der Waals surface area contributed by atoms with Crippen LogP contribution in [0.1, 0.15) is 12.0 Å². The van der Waals surface area contributed by atoms with E-state index in [4.69, 9.17) is 0 Å². The molecular weight excluding hydrogens is 368 g/mol. The lowest BCUT2D eigenvalue weighted by Gasteiger charge is -2.09. The SMILES string of the molecule is Cc1c(F)cc2[nH]ccc2c1-c1ccc2nc(NC(=O)[C@@H]3CC3F)sc2c1. The van der Waals surface area contributed by atoms with Crippen molar-refractivity contribution in [1.29, 1.82) is 0 Å². The van der Waals surface area contributed by atoms with Crippen LogP contribution in [-0.4, -0.2) is 22.0 Å². The number of alkyl halides is 1. The first kappa shape index (κ1) is 16.4. The topological polar surface area (TPSA) is 57.8 Å². The molecule has 1 fully saturated rings. The zero-order valence-corrected chi connectivity index (χ0v) is 15.2. The Morgan fingerprint density at radius 1 is 1.33 bits per heavy atom. The van der Waals surface area contributed by atoms with Gasteiger partial charge in [0, 0.05) is 17.1 Å². The molecule has 0 bridgehead atoms. The molecule has 136 valence electrons. The van der Waals surface area contributed by atoms with Crippen molar-refractivity contribution in [3.05, 3.63) is 47.9 Å². The number of aromatic nitrogens is 2. The van der Waals surface area contributed by atoms with Gasteiger partial charge in [-0.05, 0) is 54.3 Å². The summed E-state index contributed by atoms with van der Waals surface area (Å²) in [5.74, 6) is -1.14. The number of fused-ring (bicyclic) bond motifs is 2. The summed E-state index contributed by atoms with van der Waals surface area (Å²) < 4.78 is 28.3. The van der Waals surface area contributed by atoms with E-state index in [1.54, 1.807) is 13.1 Å². The van der Waals surface area contributed by atoms with Crippen LogP contribution in [0.25, 0.3) is 32.2 Å². The number of nitrogens with zero attached hydrogens (tertiary/aromatic N) is 1. The fraction of sp³-hybridized carbons (Fsp3) is 0.200. The fourth-order valence-corrected chi connectivity index (χ4v) is 4.32. The molecule has 5 rings (SSSR count). The smallest absolute Gasteiger partial charge is 0.232 e. The maximum Gasteiger partial charge on any atom is 0.232 e. The van der Waals surface area contributed by atoms with Crippen molar-refractivity contribution in [1.82, 2.24) is 9.97 Å². The minimum atomic E-state index is -1.04. The van der Waals surface area contributed by atoms with E-state index in [0.717, 1.165) is 32.2 Å². The summed E-state index contributed by atoms with van der Waals surface area (Å²) in [6, 6.07) is 9.15. The van der Waals surface area contributed by atoms with Gasteiger partial charge in [0.15, 0.2) is 5.13 Å². The minimum Gasteiger partial charge on any atom is -0.361 e. The van der Waals surface area contributed by atoms with E-state index >= 15 is 0 Å². The predicted molar refractivity (Wildman–Crippen MR) is 103 cm³/mol. The molecule has 1 unspecified atom stereocenters. The maximum atomic E-state index is 14.3. The third kappa shape index (κ3) is 2.70. The molecule has 0 aliphatic heterocycles. The Labute approximate surface area is 157 Å². The van der Waals surface area contributed by atoms with Gasteiger partial charge in [-0.25, -0.2) is 13.8 Å². The summed E-state index contributed by atoms with van der Waals surface area (Å²) in [6.07, 6.45) is 1.04. The van der Waals surface area contributed by atoms with Crippen molar-refractivity contribution in [2.45, 2.75) is 19.5 Å². The molecule has 0 spiro atoms. The number of halogens is 2. The van der Waals surface area contributed by atoms with Crippen molar-refractivity contribution in [3.8, 4) is 11.1 Å². The van der Waals surface area contributed by atoms with Crippen molar-refractivity contribution in [3.63, 3.8) is 0 Å². The molecule has 1 saturated carbocycles. The summed E-state index contributed by atoms with van der Waals surface area (Å²) in [6.45, 7) is 1.77. The highest BCUT2D eigenvalue weighted by molar-refractivity contribution is 7.22. The predicted octanol–water partition coefficient (Wildman–Crippen LogP) is 5.19. The van der Waals surface area contributed by atoms with Gasteiger partial charge >= 0.3 is 0 Å². The summed E-state index contributed by atoms with van der Waals surface area (Å²) in [5.41, 5.74) is 3.80. The van der Waals surface area contributed by atoms with Crippen LogP contribution in [0.5, 0.6) is 0 Å². The molecule has 2 aromatic carbocycles. The second-order valence-electron chi connectivity index (χ2n) is 6.85. The van der Waals surface area contributed by atoms with Gasteiger partial charge in [0.05, 0.1) is 16.1 Å². The van der Waals surface area contributed by atoms with Crippen LogP contribution in [0, 0.1) is 18.7 Å². The van der Waals surface area contributed by atoms with Crippen LogP contribution in [0.3, 0.4) is 0 Å². The number of carbonyl (C=O) groups is 1. The molecule has 7 heteroatoms. The molecule has 4 nitrogen and oxygen atoms in total. The number of benzene rings is 2. The van der Waals surface area contributed by atoms with Gasteiger partial charge in [0.2, 0.25) is 5.91 Å². The number of carbonyl (C=O) groups excluding carboxylic acids is 1. The summed E-state index contributed by atoms with van der Waals surface area (Å²) >= 11 is 1.33. The molecule has 4 aromatic rings. The number of nitrogens with one attached hydrogen (secondary N) is 2. The van der Waals surface area contributed by atoms with Gasteiger partial charge in [0.25, 0.3) is 0 Å². The van der Waals surface area contributed by atoms with Crippen LogP contribution < -0.4 is 5.32 Å². The van der Waals surface area contributed by atoms with Crippen molar-refractivity contribution >= 4 is 43.5 Å². The Morgan fingerprint density at radius 2 is 2.15 bits per heavy atom. The second-order valence-corrected chi connectivity index (χ2v) is 7.88. The lowest BCUT2D eigenvalue weighted by Crippen LogP contribution is -2.14. The lowest BCUT2D eigenvalue weighted by molar-refractivity contribution is -0.117. The molecule has 0 saturated heterocycles. The fourth-order valence-electron chi connectivity index (χ4n) is 3.42. The van der Waals surface area contributed by atoms with Gasteiger partial charge in [-0.2, -0.15) is 0 Å². The standard InChI is InChI=1S/C20H15F2N3OS/c1-9-13(21)8-16-11(4-5-23-16)18(9)10-2-3-15-17(6-10)27-20(24-15)25-19(26)12-7-14(12)22/h2-6,8,12,14,23H,7H2,1H3,(H,24,25,26)/t12-,14?/m1/s1. The molecule has 2 aromatic heterocycles. The number of aromatic amines is 1. The number of rotatable bonds is 3. The first-order valence-electron chi connectivity index (χ1n) is 8.63. The average Bonchev–Trinajstić information content (AvgIpc) is 3.02. The first-order valence-corrected chi connectivity index (χ1v) is 9.45. The number of amides is 1. The minimum absolute atomic E-state index is 0.262. The Morgan fingerprint density at radius 3 is 2.93 bits per heavy atom. The highest BCUT2D eigenvalue weighted by atomic mass is 32.1. The summed E-state index contributed by atoms with van der Waals surface area (Å²) in [7, 11) is 0. The van der Waals surface area contributed by atoms with Crippen LogP contribution >= 0.6 is 11.3 Å². The Hall–Kier alpha value is -2.80. The van der Waals surface area contributed by atoms with E-state index in [1.165, 1.54) is 17.4 Å². The molecule has 2 atom stereocenters. The maximum absolute atomic E-state index is 14.3. The second kappa shape index (κ2) is 5.85. The van der Waals surface area contributed by atoms with E-state index in [2.05, 4.69) is 15.3 Å². The Balaban J connectivity index is 1.56. The molecule has 1 aliphatic rings. The average molecular weight is 383 g/mol. The lowest BCUT2D eigenvalue weighted by atomic mass is 9.96. The van der Waals surface area contributed by atoms with Gasteiger partial charge < -0.3 is 10.3 Å². The Bertz CT molecular complexity index is 1210. The van der Waals surface area contributed by atoms with Gasteiger partial charge in [0.1, 0.15) is 12.0 Å². The van der Waals surface area contributed by atoms with E-state index in [-0.39, 0.29) is 18.1 Å². The summed E-state index contributed by atoms with van der Waals surface area (Å²) in [5, 5.41) is 4.10. The highest BCUT2D eigenvalue weighted by Crippen LogP contribution is 2.38. The monoisotopic (exact) mass is 383 g/mol. The van der Waals surface area contributed by atoms with Gasteiger partial charge in [-0.3, -0.25) is 4.79 Å². The van der Waals surface area contributed by atoms with Crippen molar-refractivity contribution in [2.75, 3.05) is 5.32 Å². The largest absolute Gasteiger partial charge is 0.361 e. The zero-order valence-electron chi connectivity index (χ0n) is 14.3. The number of thiazole rings is 1. The van der Waals surface area contributed by atoms with Gasteiger partial charge in [-0.1, -0.05) is 17.4 Å². The molecule has 0 radical (unpaired) electrons. The Kier molecular flexibility index (Phi) is 3.55. The third-order valence-electron chi connectivity index (χ3n) is 5.01. The van der Waals surface area contributed by atoms with Gasteiger partial charge in [-0.15, -0.1) is 0 Å². The molecule has 2 heterocycles. The summed E-state index contributed by atoms with van der Waals surface area (Å²) in [4.78, 5) is 19.4. The van der Waals surface area contributed by atoms with E-state index in [9.17, 15) is 13.6 Å². The van der Waals surface area contributed by atoms with Crippen molar-refractivity contribution in [2.24, 2.45) is 5.92 Å². The van der Waals surface area contributed by atoms with E-state index < -0.39 is 12.1 Å². The van der Waals surface area contributed by atoms with Crippen LogP contribution in [-0.2, 0) is 4.79 Å². The first-order chi connectivity index (χ1) is 13.0. The van der Waals surface area contributed by atoms with E-state index in [0.29, 0.717) is 10.7 Å². The number of hydrogen-bond acceptors (Lipinski definition) is 3. The third-order valence-corrected chi connectivity index (χ3v) is 5.94. The molecule has 2 N–H and O–H groups in total. The number of H-pyrrole nitrogens is 1. The van der Waals surface area contributed by atoms with E-state index in [1.807, 2.05) is 24.3 Å². The van der Waals surface area contributed by atoms with Crippen LogP contribution in [0.2, 0.25) is 0 Å².